The van der Waals surface area contributed by atoms with Crippen LogP contribution < -0.4 is 0 Å². The Labute approximate surface area is 237 Å². The first-order valence-electron chi connectivity index (χ1n) is 14.8. The maximum Gasteiger partial charge on any atom is 0.316 e. The summed E-state index contributed by atoms with van der Waals surface area (Å²) in [6.45, 7) is 9.84. The second kappa shape index (κ2) is 11.0. The minimum atomic E-state index is -2.57. The highest BCUT2D eigenvalue weighted by atomic mass is 16.7. The lowest BCUT2D eigenvalue weighted by Gasteiger charge is -2.50. The zero-order chi connectivity index (χ0) is 28.9. The Balaban J connectivity index is 1.54. The Hall–Kier alpha value is -2.10. The van der Waals surface area contributed by atoms with Gasteiger partial charge in [0.25, 0.3) is 5.79 Å². The first-order valence-corrected chi connectivity index (χ1v) is 14.8. The molecule has 5 aliphatic rings. The summed E-state index contributed by atoms with van der Waals surface area (Å²) in [6.07, 6.45) is 13.3. The van der Waals surface area contributed by atoms with Crippen LogP contribution in [0.1, 0.15) is 79.6 Å². The quantitative estimate of drug-likeness (QED) is 0.360. The molecule has 40 heavy (non-hydrogen) atoms. The van der Waals surface area contributed by atoms with Crippen LogP contribution in [0.4, 0.5) is 0 Å². The Morgan fingerprint density at radius 2 is 1.88 bits per heavy atom. The van der Waals surface area contributed by atoms with E-state index in [4.69, 9.17) is 18.9 Å². The molecule has 0 saturated carbocycles. The fourth-order valence-corrected chi connectivity index (χ4v) is 7.15. The number of rotatable bonds is 1. The molecule has 1 spiro atoms. The van der Waals surface area contributed by atoms with Gasteiger partial charge in [-0.25, -0.2) is 0 Å². The van der Waals surface area contributed by atoms with E-state index in [-0.39, 0.29) is 35.9 Å². The standard InChI is InChI=1S/C32H44O8/c1-6-27-21(4)12-13-30(40-27)17-25-16-24(39-30)11-10-20(3)14-19(2)8-7-9-23-18-37-32(36)28(33)22(5)15-26(29(34)38-25)31(23,32)35/h7-10,15,19,21,24-27,35-36H,6,11-14,16-18H2,1-5H3/b8-7+,20-10+,23-9?/t19-,21-,24+,25-,26-,27+,30+,31+,32+/m0/s1. The molecule has 8 nitrogen and oxygen atoms in total. The Bertz CT molecular complexity index is 1150. The zero-order valence-electron chi connectivity index (χ0n) is 24.4. The van der Waals surface area contributed by atoms with Crippen LogP contribution in [0.25, 0.3) is 0 Å². The predicted molar refractivity (Wildman–Crippen MR) is 148 cm³/mol. The second-order valence-electron chi connectivity index (χ2n) is 12.6. The molecule has 0 unspecified atom stereocenters. The fourth-order valence-electron chi connectivity index (χ4n) is 7.15. The van der Waals surface area contributed by atoms with E-state index >= 15 is 0 Å². The maximum atomic E-state index is 13.9. The minimum absolute atomic E-state index is 0.0561. The summed E-state index contributed by atoms with van der Waals surface area (Å²) in [7, 11) is 0. The van der Waals surface area contributed by atoms with Crippen LogP contribution >= 0.6 is 0 Å². The van der Waals surface area contributed by atoms with Crippen molar-refractivity contribution in [1.82, 2.24) is 0 Å². The minimum Gasteiger partial charge on any atom is -0.462 e. The van der Waals surface area contributed by atoms with Gasteiger partial charge in [0.1, 0.15) is 12.0 Å². The third-order valence-corrected chi connectivity index (χ3v) is 9.45. The molecule has 4 heterocycles. The van der Waals surface area contributed by atoms with Gasteiger partial charge in [-0.05, 0) is 62.5 Å². The Morgan fingerprint density at radius 3 is 2.62 bits per heavy atom. The van der Waals surface area contributed by atoms with Crippen molar-refractivity contribution < 1.29 is 38.7 Å². The summed E-state index contributed by atoms with van der Waals surface area (Å²) in [5.41, 5.74) is -0.651. The molecular formula is C32H44O8. The summed E-state index contributed by atoms with van der Waals surface area (Å²) in [5.74, 6) is -5.59. The van der Waals surface area contributed by atoms with Crippen molar-refractivity contribution in [2.75, 3.05) is 6.61 Å². The molecule has 5 rings (SSSR count). The molecule has 9 atom stereocenters. The van der Waals surface area contributed by atoms with Crippen LogP contribution in [-0.2, 0) is 28.5 Å². The van der Waals surface area contributed by atoms with Crippen LogP contribution in [0, 0.1) is 17.8 Å². The van der Waals surface area contributed by atoms with Gasteiger partial charge >= 0.3 is 5.97 Å². The molecule has 0 aromatic heterocycles. The van der Waals surface area contributed by atoms with Crippen molar-refractivity contribution in [3.63, 3.8) is 0 Å². The molecule has 3 fully saturated rings. The van der Waals surface area contributed by atoms with Crippen molar-refractivity contribution in [3.8, 4) is 0 Å². The van der Waals surface area contributed by atoms with Crippen molar-refractivity contribution >= 4 is 11.8 Å². The summed E-state index contributed by atoms with van der Waals surface area (Å²) >= 11 is 0. The van der Waals surface area contributed by atoms with Gasteiger partial charge in [0.2, 0.25) is 5.78 Å². The number of hydrogen-bond acceptors (Lipinski definition) is 8. The van der Waals surface area contributed by atoms with Gasteiger partial charge in [-0.2, -0.15) is 0 Å². The van der Waals surface area contributed by atoms with E-state index in [1.165, 1.54) is 18.6 Å². The first kappa shape index (κ1) is 29.4. The largest absolute Gasteiger partial charge is 0.462 e. The fraction of sp³-hybridized carbons (Fsp3) is 0.688. The Morgan fingerprint density at radius 1 is 1.10 bits per heavy atom. The van der Waals surface area contributed by atoms with E-state index in [1.807, 2.05) is 6.08 Å². The van der Waals surface area contributed by atoms with Gasteiger partial charge in [0.15, 0.2) is 11.4 Å². The molecule has 1 aliphatic carbocycles. The molecule has 2 bridgehead atoms. The molecule has 2 N–H and O–H groups in total. The lowest BCUT2D eigenvalue weighted by Crippen LogP contribution is -2.65. The van der Waals surface area contributed by atoms with Crippen molar-refractivity contribution in [2.45, 2.75) is 115 Å². The first-order chi connectivity index (χ1) is 18.9. The SMILES string of the molecule is CC[C@H]1O[C@]2(CC[C@@H]1C)C[C@@H]1C[C@@H](C/C=C(\C)C[C@@H](C)/C=C/C=C3CO[C@]4(O)C(=O)C(C)=C[C@@H](C(=O)O1)[C@]34O)O2. The second-order valence-corrected chi connectivity index (χ2v) is 12.6. The normalized spacial score (nSPS) is 46.5. The molecule has 4 aliphatic heterocycles. The van der Waals surface area contributed by atoms with E-state index in [1.54, 1.807) is 12.2 Å². The van der Waals surface area contributed by atoms with Gasteiger partial charge < -0.3 is 29.2 Å². The number of aliphatic hydroxyl groups is 2. The van der Waals surface area contributed by atoms with Crippen LogP contribution in [0.15, 0.2) is 47.1 Å². The highest BCUT2D eigenvalue weighted by Gasteiger charge is 2.69. The lowest BCUT2D eigenvalue weighted by molar-refractivity contribution is -0.335. The number of carbonyl (C=O) groups excluding carboxylic acids is 2. The molecule has 8 heteroatoms. The average Bonchev–Trinajstić information content (AvgIpc) is 3.17. The van der Waals surface area contributed by atoms with Crippen molar-refractivity contribution in [2.24, 2.45) is 17.8 Å². The molecule has 220 valence electrons. The number of Topliss-reactive ketones (excluding diaryl/α,β-unsaturated/α-hetero) is 1. The van der Waals surface area contributed by atoms with E-state index < -0.39 is 40.9 Å². The third kappa shape index (κ3) is 5.07. The predicted octanol–water partition coefficient (Wildman–Crippen LogP) is 4.45. The van der Waals surface area contributed by atoms with E-state index in [0.29, 0.717) is 31.6 Å². The number of allylic oxidation sites excluding steroid dienone is 4. The molecule has 0 aromatic rings. The van der Waals surface area contributed by atoms with Crippen molar-refractivity contribution in [1.29, 1.82) is 0 Å². The van der Waals surface area contributed by atoms with E-state index in [9.17, 15) is 19.8 Å². The number of esters is 1. The monoisotopic (exact) mass is 556 g/mol. The molecule has 3 saturated heterocycles. The molecular weight excluding hydrogens is 512 g/mol. The van der Waals surface area contributed by atoms with Crippen molar-refractivity contribution in [3.05, 3.63) is 47.1 Å². The van der Waals surface area contributed by atoms with Crippen LogP contribution in [0.5, 0.6) is 0 Å². The van der Waals surface area contributed by atoms with E-state index in [2.05, 4.69) is 33.8 Å². The summed E-state index contributed by atoms with van der Waals surface area (Å²) < 4.78 is 24.9. The number of hydrogen-bond donors (Lipinski definition) is 2. The van der Waals surface area contributed by atoms with Crippen LogP contribution in [0.2, 0.25) is 0 Å². The average molecular weight is 557 g/mol. The maximum absolute atomic E-state index is 13.9. The molecule has 0 radical (unpaired) electrons. The zero-order valence-corrected chi connectivity index (χ0v) is 24.4. The molecule has 0 amide bonds. The van der Waals surface area contributed by atoms with E-state index in [0.717, 1.165) is 19.3 Å². The summed E-state index contributed by atoms with van der Waals surface area (Å²) in [4.78, 5) is 26.9. The smallest absolute Gasteiger partial charge is 0.316 e. The lowest BCUT2D eigenvalue weighted by atomic mass is 9.69. The third-order valence-electron chi connectivity index (χ3n) is 9.45. The highest BCUT2D eigenvalue weighted by Crippen LogP contribution is 2.50. The summed E-state index contributed by atoms with van der Waals surface area (Å²) in [5, 5.41) is 23.4. The van der Waals surface area contributed by atoms with Gasteiger partial charge in [-0.1, -0.05) is 56.7 Å². The van der Waals surface area contributed by atoms with Gasteiger partial charge in [0, 0.05) is 19.3 Å². The topological polar surface area (TPSA) is 112 Å². The number of ketones is 1. The van der Waals surface area contributed by atoms with Gasteiger partial charge in [-0.3, -0.25) is 9.59 Å². The Kier molecular flexibility index (Phi) is 8.05. The van der Waals surface area contributed by atoms with Gasteiger partial charge in [0.05, 0.1) is 18.8 Å². The summed E-state index contributed by atoms with van der Waals surface area (Å²) in [6, 6.07) is 0. The number of carbonyl (C=O) groups is 2. The van der Waals surface area contributed by atoms with Crippen LogP contribution in [-0.4, -0.2) is 64.1 Å². The van der Waals surface area contributed by atoms with Crippen LogP contribution in [0.3, 0.4) is 0 Å². The van der Waals surface area contributed by atoms with Gasteiger partial charge in [-0.15, -0.1) is 0 Å². The molecule has 0 aromatic carbocycles. The highest BCUT2D eigenvalue weighted by molar-refractivity contribution is 6.05. The number of ether oxygens (including phenoxy) is 4. The number of fused-ring (bicyclic) bond motifs is 2.